The Bertz CT molecular complexity index is 750. The number of carbonyl (C=O) groups excluding carboxylic acids is 1. The molecule has 0 radical (unpaired) electrons. The van der Waals surface area contributed by atoms with Gasteiger partial charge in [-0.1, -0.05) is 12.8 Å². The highest BCUT2D eigenvalue weighted by molar-refractivity contribution is 7.99. The maximum absolute atomic E-state index is 12.4. The molecule has 1 saturated carbocycles. The first kappa shape index (κ1) is 17.4. The van der Waals surface area contributed by atoms with Gasteiger partial charge in [0.15, 0.2) is 0 Å². The van der Waals surface area contributed by atoms with Gasteiger partial charge < -0.3 is 14.8 Å². The molecule has 0 spiro atoms. The number of nitrogens with zero attached hydrogens (tertiary/aromatic N) is 4. The smallest absolute Gasteiger partial charge is 0.240 e. The van der Waals surface area contributed by atoms with Gasteiger partial charge in [-0.3, -0.25) is 4.79 Å². The molecule has 1 saturated heterocycles. The average molecular weight is 372 g/mol. The highest BCUT2D eigenvalue weighted by atomic mass is 32.2. The van der Waals surface area contributed by atoms with Crippen molar-refractivity contribution in [3.8, 4) is 11.4 Å². The minimum atomic E-state index is 0.0680. The van der Waals surface area contributed by atoms with E-state index in [2.05, 4.69) is 26.3 Å². The lowest BCUT2D eigenvalue weighted by molar-refractivity contribution is -0.122. The maximum Gasteiger partial charge on any atom is 0.240 e. The van der Waals surface area contributed by atoms with Crippen molar-refractivity contribution in [1.29, 1.82) is 0 Å². The van der Waals surface area contributed by atoms with Crippen LogP contribution in [0.1, 0.15) is 25.7 Å². The topological polar surface area (TPSA) is 63.1 Å². The number of pyridine rings is 1. The van der Waals surface area contributed by atoms with Gasteiger partial charge in [0, 0.05) is 54.8 Å². The summed E-state index contributed by atoms with van der Waals surface area (Å²) in [5.74, 6) is 4.16. The third kappa shape index (κ3) is 4.03. The Kier molecular flexibility index (Phi) is 5.43. The summed E-state index contributed by atoms with van der Waals surface area (Å²) in [5, 5.41) is 3.15. The van der Waals surface area contributed by atoms with Crippen LogP contribution < -0.4 is 10.2 Å². The monoisotopic (exact) mass is 371 g/mol. The molecular formula is C19H25N5OS. The molecule has 4 rings (SSSR count). The van der Waals surface area contributed by atoms with Crippen LogP contribution in [0.3, 0.4) is 0 Å². The Morgan fingerprint density at radius 1 is 1.19 bits per heavy atom. The molecule has 2 aromatic heterocycles. The lowest BCUT2D eigenvalue weighted by Gasteiger charge is -2.27. The molecule has 138 valence electrons. The fourth-order valence-corrected chi connectivity index (χ4v) is 4.62. The van der Waals surface area contributed by atoms with Crippen LogP contribution in [0.2, 0.25) is 0 Å². The van der Waals surface area contributed by atoms with E-state index in [-0.39, 0.29) is 5.91 Å². The number of thioether (sulfide) groups is 1. The molecule has 7 heteroatoms. The molecule has 1 N–H and O–H groups in total. The lowest BCUT2D eigenvalue weighted by atomic mass is 10.2. The van der Waals surface area contributed by atoms with Gasteiger partial charge in [-0.15, -0.1) is 0 Å². The molecule has 3 heterocycles. The fraction of sp³-hybridized carbons (Fsp3) is 0.526. The van der Waals surface area contributed by atoms with Gasteiger partial charge in [-0.05, 0) is 25.0 Å². The second-order valence-electron chi connectivity index (χ2n) is 6.93. The largest absolute Gasteiger partial charge is 0.355 e. The first-order chi connectivity index (χ1) is 12.8. The normalized spacial score (nSPS) is 18.2. The van der Waals surface area contributed by atoms with Crippen molar-refractivity contribution in [3.05, 3.63) is 30.7 Å². The molecule has 0 aromatic carbocycles. The second-order valence-corrected chi connectivity index (χ2v) is 8.15. The van der Waals surface area contributed by atoms with Gasteiger partial charge in [0.05, 0.1) is 0 Å². The van der Waals surface area contributed by atoms with Gasteiger partial charge in [0.25, 0.3) is 0 Å². The summed E-state index contributed by atoms with van der Waals surface area (Å²) in [4.78, 5) is 23.7. The molecule has 0 bridgehead atoms. The molecule has 2 aliphatic rings. The van der Waals surface area contributed by atoms with Crippen LogP contribution >= 0.6 is 11.8 Å². The van der Waals surface area contributed by atoms with Crippen LogP contribution in [0.15, 0.2) is 30.7 Å². The van der Waals surface area contributed by atoms with Crippen molar-refractivity contribution in [1.82, 2.24) is 19.9 Å². The van der Waals surface area contributed by atoms with Crippen LogP contribution in [0.25, 0.3) is 11.4 Å². The van der Waals surface area contributed by atoms with E-state index in [1.165, 1.54) is 12.8 Å². The highest BCUT2D eigenvalue weighted by Gasteiger charge is 2.19. The van der Waals surface area contributed by atoms with Crippen LogP contribution in [0.4, 0.5) is 5.82 Å². The summed E-state index contributed by atoms with van der Waals surface area (Å²) in [6, 6.07) is 4.40. The molecule has 0 atom stereocenters. The first-order valence-electron chi connectivity index (χ1n) is 9.39. The minimum Gasteiger partial charge on any atom is -0.355 e. The van der Waals surface area contributed by atoms with E-state index < -0.39 is 0 Å². The fourth-order valence-electron chi connectivity index (χ4n) is 3.72. The van der Waals surface area contributed by atoms with E-state index >= 15 is 0 Å². The molecule has 2 aromatic rings. The SMILES string of the molecule is O=C(Cn1ccnc1-c1ccnc(N2CCSCC2)c1)NC1CCCC1. The number of carbonyl (C=O) groups is 1. The molecule has 0 unspecified atom stereocenters. The van der Waals surface area contributed by atoms with Crippen molar-refractivity contribution in [3.63, 3.8) is 0 Å². The number of hydrogen-bond donors (Lipinski definition) is 1. The lowest BCUT2D eigenvalue weighted by Crippen LogP contribution is -2.35. The number of aromatic nitrogens is 3. The van der Waals surface area contributed by atoms with E-state index in [9.17, 15) is 4.79 Å². The Morgan fingerprint density at radius 3 is 2.81 bits per heavy atom. The third-order valence-electron chi connectivity index (χ3n) is 5.09. The molecular weight excluding hydrogens is 346 g/mol. The molecule has 1 aliphatic heterocycles. The van der Waals surface area contributed by atoms with Gasteiger partial charge in [0.2, 0.25) is 5.91 Å². The average Bonchev–Trinajstić information content (AvgIpc) is 3.34. The Hall–Kier alpha value is -2.02. The van der Waals surface area contributed by atoms with Crippen molar-refractivity contribution >= 4 is 23.5 Å². The molecule has 2 fully saturated rings. The number of amides is 1. The van der Waals surface area contributed by atoms with Crippen molar-refractivity contribution in [2.24, 2.45) is 0 Å². The molecule has 6 nitrogen and oxygen atoms in total. The predicted molar refractivity (Wildman–Crippen MR) is 105 cm³/mol. The molecule has 1 aliphatic carbocycles. The van der Waals surface area contributed by atoms with E-state index in [4.69, 9.17) is 0 Å². The van der Waals surface area contributed by atoms with E-state index in [1.54, 1.807) is 6.20 Å². The van der Waals surface area contributed by atoms with Gasteiger partial charge in [-0.25, -0.2) is 9.97 Å². The summed E-state index contributed by atoms with van der Waals surface area (Å²) < 4.78 is 1.93. The summed E-state index contributed by atoms with van der Waals surface area (Å²) in [6.07, 6.45) is 10.1. The number of rotatable bonds is 5. The zero-order valence-corrected chi connectivity index (χ0v) is 15.7. The van der Waals surface area contributed by atoms with Crippen molar-refractivity contribution < 1.29 is 4.79 Å². The Morgan fingerprint density at radius 2 is 2.00 bits per heavy atom. The maximum atomic E-state index is 12.4. The molecule has 26 heavy (non-hydrogen) atoms. The zero-order chi connectivity index (χ0) is 17.8. The first-order valence-corrected chi connectivity index (χ1v) is 10.5. The zero-order valence-electron chi connectivity index (χ0n) is 14.9. The molecule has 1 amide bonds. The summed E-state index contributed by atoms with van der Waals surface area (Å²) in [5.41, 5.74) is 1.01. The van der Waals surface area contributed by atoms with Crippen molar-refractivity contribution in [2.75, 3.05) is 29.5 Å². The van der Waals surface area contributed by atoms with E-state index in [1.807, 2.05) is 34.8 Å². The van der Waals surface area contributed by atoms with Crippen LogP contribution in [-0.4, -0.2) is 51.1 Å². The Labute approximate surface area is 158 Å². The summed E-state index contributed by atoms with van der Waals surface area (Å²) in [7, 11) is 0. The number of nitrogens with one attached hydrogen (secondary N) is 1. The van der Waals surface area contributed by atoms with Gasteiger partial charge in [-0.2, -0.15) is 11.8 Å². The minimum absolute atomic E-state index is 0.0680. The van der Waals surface area contributed by atoms with Gasteiger partial charge in [0.1, 0.15) is 18.2 Å². The predicted octanol–water partition coefficient (Wildman–Crippen LogP) is 2.56. The van der Waals surface area contributed by atoms with E-state index in [0.29, 0.717) is 12.6 Å². The second kappa shape index (κ2) is 8.12. The number of anilines is 1. The summed E-state index contributed by atoms with van der Waals surface area (Å²) in [6.45, 7) is 2.36. The standard InChI is InChI=1S/C19H25N5OS/c25-18(22-16-3-1-2-4-16)14-24-8-7-21-19(24)15-5-6-20-17(13-15)23-9-11-26-12-10-23/h5-8,13,16H,1-4,9-12,14H2,(H,22,25). The summed E-state index contributed by atoms with van der Waals surface area (Å²) >= 11 is 1.99. The van der Waals surface area contributed by atoms with Crippen LogP contribution in [-0.2, 0) is 11.3 Å². The third-order valence-corrected chi connectivity index (χ3v) is 6.03. The number of imidazole rings is 1. The van der Waals surface area contributed by atoms with Crippen molar-refractivity contribution in [2.45, 2.75) is 38.3 Å². The van der Waals surface area contributed by atoms with Crippen LogP contribution in [0.5, 0.6) is 0 Å². The van der Waals surface area contributed by atoms with E-state index in [0.717, 1.165) is 54.6 Å². The Balaban J connectivity index is 1.48. The number of hydrogen-bond acceptors (Lipinski definition) is 5. The van der Waals surface area contributed by atoms with Crippen LogP contribution in [0, 0.1) is 0 Å². The quantitative estimate of drug-likeness (QED) is 0.875. The van der Waals surface area contributed by atoms with Gasteiger partial charge >= 0.3 is 0 Å². The highest BCUT2D eigenvalue weighted by Crippen LogP contribution is 2.24.